The van der Waals surface area contributed by atoms with Gasteiger partial charge < -0.3 is 10.2 Å². The van der Waals surface area contributed by atoms with Gasteiger partial charge in [-0.2, -0.15) is 0 Å². The summed E-state index contributed by atoms with van der Waals surface area (Å²) in [7, 11) is 0. The largest absolute Gasteiger partial charge is 0.394 e. The van der Waals surface area contributed by atoms with E-state index in [1.54, 1.807) is 0 Å². The van der Waals surface area contributed by atoms with Crippen molar-refractivity contribution in [2.45, 2.75) is 52.6 Å². The number of rotatable bonds is 7. The summed E-state index contributed by atoms with van der Waals surface area (Å²) >= 11 is 0. The van der Waals surface area contributed by atoms with Gasteiger partial charge in [0.1, 0.15) is 0 Å². The van der Waals surface area contributed by atoms with Crippen molar-refractivity contribution >= 4 is 0 Å². The Hall–Kier alpha value is -0.600. The molecule has 0 radical (unpaired) electrons. The van der Waals surface area contributed by atoms with E-state index in [4.69, 9.17) is 10.2 Å². The van der Waals surface area contributed by atoms with E-state index in [2.05, 4.69) is 32.9 Å². The molecular weight excluding hydrogens is 188 g/mol. The molecule has 0 saturated carbocycles. The first-order chi connectivity index (χ1) is 7.06. The van der Waals surface area contributed by atoms with Gasteiger partial charge >= 0.3 is 0 Å². The predicted octanol–water partition coefficient (Wildman–Crippen LogP) is 2.81. The minimum atomic E-state index is -0.563. The zero-order valence-electron chi connectivity index (χ0n) is 10.2. The van der Waals surface area contributed by atoms with Gasteiger partial charge in [-0.3, -0.25) is 0 Å². The van der Waals surface area contributed by atoms with E-state index in [-0.39, 0.29) is 6.61 Å². The fourth-order valence-corrected chi connectivity index (χ4v) is 1.30. The summed E-state index contributed by atoms with van der Waals surface area (Å²) in [5.41, 5.74) is 2.72. The highest BCUT2D eigenvalue weighted by Gasteiger charge is 1.99. The second kappa shape index (κ2) is 8.69. The molecule has 0 aliphatic heterocycles. The Labute approximate surface area is 93.3 Å². The molecule has 0 fully saturated rings. The van der Waals surface area contributed by atoms with Crippen LogP contribution in [0.25, 0.3) is 0 Å². The van der Waals surface area contributed by atoms with E-state index >= 15 is 0 Å². The van der Waals surface area contributed by atoms with Crippen LogP contribution in [0.2, 0.25) is 0 Å². The quantitative estimate of drug-likeness (QED) is 0.637. The Morgan fingerprint density at radius 3 is 2.33 bits per heavy atom. The second-order valence-corrected chi connectivity index (χ2v) is 4.28. The molecule has 0 aromatic rings. The third-order valence-electron chi connectivity index (χ3n) is 2.29. The summed E-state index contributed by atoms with van der Waals surface area (Å²) in [5, 5.41) is 17.8. The highest BCUT2D eigenvalue weighted by Crippen LogP contribution is 2.09. The van der Waals surface area contributed by atoms with Crippen molar-refractivity contribution in [2.24, 2.45) is 0 Å². The van der Waals surface area contributed by atoms with E-state index < -0.39 is 6.10 Å². The van der Waals surface area contributed by atoms with Crippen molar-refractivity contribution in [1.29, 1.82) is 0 Å². The minimum absolute atomic E-state index is 0.134. The fourth-order valence-electron chi connectivity index (χ4n) is 1.30. The minimum Gasteiger partial charge on any atom is -0.394 e. The Morgan fingerprint density at radius 2 is 1.80 bits per heavy atom. The molecule has 0 saturated heterocycles. The van der Waals surface area contributed by atoms with Gasteiger partial charge in [0.05, 0.1) is 12.7 Å². The smallest absolute Gasteiger partial charge is 0.0773 e. The first kappa shape index (κ1) is 14.4. The molecule has 2 heteroatoms. The zero-order valence-corrected chi connectivity index (χ0v) is 10.2. The van der Waals surface area contributed by atoms with Crippen molar-refractivity contribution in [3.05, 3.63) is 23.3 Å². The maximum absolute atomic E-state index is 9.13. The average Bonchev–Trinajstić information content (AvgIpc) is 2.17. The highest BCUT2D eigenvalue weighted by molar-refractivity contribution is 5.02. The maximum atomic E-state index is 9.13. The molecule has 0 heterocycles. The van der Waals surface area contributed by atoms with Gasteiger partial charge in [0.15, 0.2) is 0 Å². The van der Waals surface area contributed by atoms with Gasteiger partial charge in [-0.1, -0.05) is 23.3 Å². The van der Waals surface area contributed by atoms with Crippen LogP contribution < -0.4 is 0 Å². The van der Waals surface area contributed by atoms with Gasteiger partial charge in [-0.05, 0) is 46.5 Å². The van der Waals surface area contributed by atoms with Gasteiger partial charge in [0, 0.05) is 0 Å². The summed E-state index contributed by atoms with van der Waals surface area (Å²) in [6.45, 7) is 6.20. The Balaban J connectivity index is 3.65. The summed E-state index contributed by atoms with van der Waals surface area (Å²) in [4.78, 5) is 0. The fraction of sp³-hybridized carbons (Fsp3) is 0.692. The standard InChI is InChI=1S/C13H24O2/c1-11(2)6-4-7-12(3)8-5-9-13(15)10-14/h6,8,13-15H,4-5,7,9-10H2,1-3H3/b12-8+. The maximum Gasteiger partial charge on any atom is 0.0773 e. The van der Waals surface area contributed by atoms with Crippen LogP contribution in [0.3, 0.4) is 0 Å². The van der Waals surface area contributed by atoms with Crippen molar-refractivity contribution in [1.82, 2.24) is 0 Å². The SMILES string of the molecule is CC(C)=CCC/C(C)=C/CCC(O)CO. The monoisotopic (exact) mass is 212 g/mol. The van der Waals surface area contributed by atoms with Crippen LogP contribution in [0, 0.1) is 0 Å². The van der Waals surface area contributed by atoms with Crippen molar-refractivity contribution in [2.75, 3.05) is 6.61 Å². The molecule has 15 heavy (non-hydrogen) atoms. The second-order valence-electron chi connectivity index (χ2n) is 4.28. The molecule has 0 bridgehead atoms. The number of hydrogen-bond donors (Lipinski definition) is 2. The van der Waals surface area contributed by atoms with Gasteiger partial charge in [-0.15, -0.1) is 0 Å². The van der Waals surface area contributed by atoms with Crippen LogP contribution in [0.1, 0.15) is 46.5 Å². The lowest BCUT2D eigenvalue weighted by Crippen LogP contribution is -2.10. The van der Waals surface area contributed by atoms with Gasteiger partial charge in [0.2, 0.25) is 0 Å². The number of hydrogen-bond acceptors (Lipinski definition) is 2. The lowest BCUT2D eigenvalue weighted by Gasteiger charge is -2.04. The first-order valence-corrected chi connectivity index (χ1v) is 5.64. The van der Waals surface area contributed by atoms with E-state index in [1.165, 1.54) is 11.1 Å². The molecule has 2 nitrogen and oxygen atoms in total. The van der Waals surface area contributed by atoms with Crippen molar-refractivity contribution in [3.63, 3.8) is 0 Å². The molecule has 0 aromatic heterocycles. The van der Waals surface area contributed by atoms with Crippen molar-refractivity contribution in [3.8, 4) is 0 Å². The number of aliphatic hydroxyl groups excluding tert-OH is 2. The van der Waals surface area contributed by atoms with E-state index in [0.29, 0.717) is 6.42 Å². The molecule has 0 amide bonds. The molecular formula is C13H24O2. The average molecular weight is 212 g/mol. The van der Waals surface area contributed by atoms with E-state index in [0.717, 1.165) is 19.3 Å². The molecule has 0 spiro atoms. The van der Waals surface area contributed by atoms with Crippen molar-refractivity contribution < 1.29 is 10.2 Å². The molecule has 88 valence electrons. The summed E-state index contributed by atoms with van der Waals surface area (Å²) < 4.78 is 0. The number of allylic oxidation sites excluding steroid dienone is 4. The lowest BCUT2D eigenvalue weighted by molar-refractivity contribution is 0.0891. The molecule has 1 atom stereocenters. The molecule has 0 aromatic carbocycles. The van der Waals surface area contributed by atoms with Crippen LogP contribution in [-0.4, -0.2) is 22.9 Å². The molecule has 2 N–H and O–H groups in total. The van der Waals surface area contributed by atoms with Crippen LogP contribution in [-0.2, 0) is 0 Å². The zero-order chi connectivity index (χ0) is 11.7. The lowest BCUT2D eigenvalue weighted by atomic mass is 10.1. The molecule has 0 aliphatic carbocycles. The summed E-state index contributed by atoms with van der Waals surface area (Å²) in [6, 6.07) is 0. The molecule has 1 unspecified atom stereocenters. The Kier molecular flexibility index (Phi) is 8.34. The number of aliphatic hydroxyl groups is 2. The van der Waals surface area contributed by atoms with Gasteiger partial charge in [0.25, 0.3) is 0 Å². The van der Waals surface area contributed by atoms with E-state index in [1.807, 2.05) is 0 Å². The Morgan fingerprint density at radius 1 is 1.13 bits per heavy atom. The van der Waals surface area contributed by atoms with Gasteiger partial charge in [-0.25, -0.2) is 0 Å². The topological polar surface area (TPSA) is 40.5 Å². The van der Waals surface area contributed by atoms with Crippen LogP contribution >= 0.6 is 0 Å². The summed E-state index contributed by atoms with van der Waals surface area (Å²) in [6.07, 6.45) is 7.50. The van der Waals surface area contributed by atoms with Crippen LogP contribution in [0.4, 0.5) is 0 Å². The predicted molar refractivity (Wildman–Crippen MR) is 64.7 cm³/mol. The van der Waals surface area contributed by atoms with Crippen LogP contribution in [0.5, 0.6) is 0 Å². The first-order valence-electron chi connectivity index (χ1n) is 5.64. The van der Waals surface area contributed by atoms with Crippen LogP contribution in [0.15, 0.2) is 23.3 Å². The normalized spacial score (nSPS) is 13.8. The van der Waals surface area contributed by atoms with E-state index in [9.17, 15) is 0 Å². The molecule has 0 rings (SSSR count). The highest BCUT2D eigenvalue weighted by atomic mass is 16.3. The molecule has 0 aliphatic rings. The summed E-state index contributed by atoms with van der Waals surface area (Å²) in [5.74, 6) is 0. The Bertz CT molecular complexity index is 213. The third-order valence-corrected chi connectivity index (χ3v) is 2.29. The third kappa shape index (κ3) is 9.70.